The zero-order valence-corrected chi connectivity index (χ0v) is 12.9. The lowest BCUT2D eigenvalue weighted by atomic mass is 9.75. The van der Waals surface area contributed by atoms with Gasteiger partial charge in [0.25, 0.3) is 0 Å². The molecular weight excluding hydrogens is 236 g/mol. The maximum absolute atomic E-state index is 10.7. The van der Waals surface area contributed by atoms with Crippen molar-refractivity contribution in [1.29, 1.82) is 0 Å². The smallest absolute Gasteiger partial charge is 0.0744 e. The average molecular weight is 266 g/mol. The molecular formula is C17H30O2. The van der Waals surface area contributed by atoms with E-state index in [1.165, 1.54) is 5.57 Å². The van der Waals surface area contributed by atoms with Crippen molar-refractivity contribution in [3.05, 3.63) is 23.3 Å². The lowest BCUT2D eigenvalue weighted by Crippen LogP contribution is -2.37. The first kappa shape index (κ1) is 16.5. The molecule has 0 saturated carbocycles. The fourth-order valence-electron chi connectivity index (χ4n) is 2.70. The van der Waals surface area contributed by atoms with Crippen LogP contribution in [0.25, 0.3) is 0 Å². The van der Waals surface area contributed by atoms with E-state index in [0.29, 0.717) is 5.92 Å². The molecule has 0 radical (unpaired) electrons. The van der Waals surface area contributed by atoms with Crippen LogP contribution in [0.15, 0.2) is 23.3 Å². The first-order valence-corrected chi connectivity index (χ1v) is 7.61. The molecule has 2 heteroatoms. The van der Waals surface area contributed by atoms with Crippen molar-refractivity contribution < 1.29 is 10.2 Å². The Kier molecular flexibility index (Phi) is 6.28. The Morgan fingerprint density at radius 2 is 2.21 bits per heavy atom. The predicted molar refractivity (Wildman–Crippen MR) is 81.0 cm³/mol. The van der Waals surface area contributed by atoms with Gasteiger partial charge < -0.3 is 10.2 Å². The van der Waals surface area contributed by atoms with Crippen LogP contribution in [0.5, 0.6) is 0 Å². The minimum absolute atomic E-state index is 0.305. The van der Waals surface area contributed by atoms with Crippen LogP contribution in [0.1, 0.15) is 66.2 Å². The highest BCUT2D eigenvalue weighted by Crippen LogP contribution is 2.35. The lowest BCUT2D eigenvalue weighted by molar-refractivity contribution is -0.0234. The Morgan fingerprint density at radius 3 is 2.74 bits per heavy atom. The van der Waals surface area contributed by atoms with Gasteiger partial charge in [0.15, 0.2) is 0 Å². The number of aliphatic hydroxyl groups excluding tert-OH is 1. The number of aliphatic hydroxyl groups is 2. The van der Waals surface area contributed by atoms with Crippen LogP contribution in [-0.2, 0) is 0 Å². The quantitative estimate of drug-likeness (QED) is 0.714. The van der Waals surface area contributed by atoms with Crippen LogP contribution < -0.4 is 0 Å². The van der Waals surface area contributed by atoms with E-state index >= 15 is 0 Å². The molecule has 2 N–H and O–H groups in total. The summed E-state index contributed by atoms with van der Waals surface area (Å²) in [5.41, 5.74) is 1.93. The highest BCUT2D eigenvalue weighted by atomic mass is 16.3. The molecule has 0 aromatic rings. The van der Waals surface area contributed by atoms with Crippen LogP contribution in [-0.4, -0.2) is 21.9 Å². The van der Waals surface area contributed by atoms with Crippen LogP contribution in [0.3, 0.4) is 0 Å². The summed E-state index contributed by atoms with van der Waals surface area (Å²) in [5, 5.41) is 20.4. The fraction of sp³-hybridized carbons (Fsp3) is 0.765. The van der Waals surface area contributed by atoms with Gasteiger partial charge in [0, 0.05) is 0 Å². The summed E-state index contributed by atoms with van der Waals surface area (Å²) in [6, 6.07) is 0. The summed E-state index contributed by atoms with van der Waals surface area (Å²) < 4.78 is 0. The monoisotopic (exact) mass is 266 g/mol. The van der Waals surface area contributed by atoms with Gasteiger partial charge in [0.05, 0.1) is 11.7 Å². The highest BCUT2D eigenvalue weighted by molar-refractivity contribution is 5.09. The lowest BCUT2D eigenvalue weighted by Gasteiger charge is -2.36. The Hall–Kier alpha value is -0.600. The summed E-state index contributed by atoms with van der Waals surface area (Å²) >= 11 is 0. The minimum atomic E-state index is -0.523. The van der Waals surface area contributed by atoms with Gasteiger partial charge in [-0.05, 0) is 63.9 Å². The second-order valence-corrected chi connectivity index (χ2v) is 6.21. The van der Waals surface area contributed by atoms with Gasteiger partial charge in [-0.2, -0.15) is 0 Å². The van der Waals surface area contributed by atoms with E-state index in [4.69, 9.17) is 0 Å². The molecule has 0 aliphatic heterocycles. The topological polar surface area (TPSA) is 40.5 Å². The van der Waals surface area contributed by atoms with Crippen molar-refractivity contribution in [3.63, 3.8) is 0 Å². The second-order valence-electron chi connectivity index (χ2n) is 6.21. The molecule has 110 valence electrons. The summed E-state index contributed by atoms with van der Waals surface area (Å²) in [7, 11) is 0. The molecule has 0 fully saturated rings. The molecule has 3 unspecified atom stereocenters. The maximum Gasteiger partial charge on any atom is 0.0744 e. The molecule has 1 rings (SSSR count). The summed E-state index contributed by atoms with van der Waals surface area (Å²) in [6.45, 7) is 8.26. The maximum atomic E-state index is 10.7. The standard InChI is InChI=1S/C17H30O2/c1-5-16(18)14(3)7-6-8-15(4)17(19)11-9-13(2)10-12-17/h7,9,15-16,18-19H,5-6,8,10-12H2,1-4H3. The molecule has 0 spiro atoms. The Bertz CT molecular complexity index is 343. The molecule has 0 saturated heterocycles. The van der Waals surface area contributed by atoms with Gasteiger partial charge in [-0.3, -0.25) is 0 Å². The van der Waals surface area contributed by atoms with Crippen LogP contribution in [0, 0.1) is 5.92 Å². The van der Waals surface area contributed by atoms with Crippen molar-refractivity contribution in [2.45, 2.75) is 77.9 Å². The van der Waals surface area contributed by atoms with Crippen LogP contribution in [0.2, 0.25) is 0 Å². The minimum Gasteiger partial charge on any atom is -0.389 e. The molecule has 0 amide bonds. The van der Waals surface area contributed by atoms with Gasteiger partial charge >= 0.3 is 0 Å². The van der Waals surface area contributed by atoms with E-state index < -0.39 is 5.60 Å². The van der Waals surface area contributed by atoms with Gasteiger partial charge in [-0.25, -0.2) is 0 Å². The normalized spacial score (nSPS) is 27.9. The molecule has 1 aliphatic carbocycles. The molecule has 0 aromatic heterocycles. The van der Waals surface area contributed by atoms with Crippen molar-refractivity contribution in [2.75, 3.05) is 0 Å². The van der Waals surface area contributed by atoms with E-state index in [-0.39, 0.29) is 6.10 Å². The number of rotatable bonds is 6. The van der Waals surface area contributed by atoms with Crippen LogP contribution in [0.4, 0.5) is 0 Å². The largest absolute Gasteiger partial charge is 0.389 e. The van der Waals surface area contributed by atoms with Gasteiger partial charge in [0.1, 0.15) is 0 Å². The van der Waals surface area contributed by atoms with Crippen molar-refractivity contribution in [1.82, 2.24) is 0 Å². The predicted octanol–water partition coefficient (Wildman–Crippen LogP) is 3.98. The number of hydrogen-bond donors (Lipinski definition) is 2. The van der Waals surface area contributed by atoms with E-state index in [1.54, 1.807) is 0 Å². The summed E-state index contributed by atoms with van der Waals surface area (Å²) in [6.07, 6.45) is 9.39. The number of hydrogen-bond acceptors (Lipinski definition) is 2. The van der Waals surface area contributed by atoms with Crippen molar-refractivity contribution in [2.24, 2.45) is 5.92 Å². The van der Waals surface area contributed by atoms with E-state index in [2.05, 4.69) is 26.0 Å². The third kappa shape index (κ3) is 4.77. The van der Waals surface area contributed by atoms with Crippen molar-refractivity contribution >= 4 is 0 Å². The zero-order chi connectivity index (χ0) is 14.5. The summed E-state index contributed by atoms with van der Waals surface area (Å²) in [4.78, 5) is 0. The van der Waals surface area contributed by atoms with E-state index in [9.17, 15) is 10.2 Å². The molecule has 19 heavy (non-hydrogen) atoms. The fourth-order valence-corrected chi connectivity index (χ4v) is 2.70. The summed E-state index contributed by atoms with van der Waals surface area (Å²) in [5.74, 6) is 0.305. The first-order valence-electron chi connectivity index (χ1n) is 7.61. The SMILES string of the molecule is CCC(O)C(C)=CCCC(C)C1(O)CC=C(C)CC1. The molecule has 0 bridgehead atoms. The Labute approximate surface area is 118 Å². The van der Waals surface area contributed by atoms with Gasteiger partial charge in [0.2, 0.25) is 0 Å². The van der Waals surface area contributed by atoms with Crippen LogP contribution >= 0.6 is 0 Å². The molecule has 2 nitrogen and oxygen atoms in total. The Morgan fingerprint density at radius 1 is 1.53 bits per heavy atom. The van der Waals surface area contributed by atoms with Gasteiger partial charge in [-0.15, -0.1) is 0 Å². The Balaban J connectivity index is 2.45. The van der Waals surface area contributed by atoms with Crippen molar-refractivity contribution in [3.8, 4) is 0 Å². The zero-order valence-electron chi connectivity index (χ0n) is 12.9. The third-order valence-corrected chi connectivity index (χ3v) is 4.65. The third-order valence-electron chi connectivity index (χ3n) is 4.65. The second kappa shape index (κ2) is 7.25. The van der Waals surface area contributed by atoms with E-state index in [1.807, 2.05) is 13.8 Å². The molecule has 3 atom stereocenters. The highest BCUT2D eigenvalue weighted by Gasteiger charge is 2.33. The van der Waals surface area contributed by atoms with Gasteiger partial charge in [-0.1, -0.05) is 31.6 Å². The molecule has 0 heterocycles. The average Bonchev–Trinajstić information content (AvgIpc) is 2.41. The molecule has 1 aliphatic rings. The molecule has 0 aromatic carbocycles. The van der Waals surface area contributed by atoms with E-state index in [0.717, 1.165) is 44.1 Å². The first-order chi connectivity index (χ1) is 8.89. The number of allylic oxidation sites excluding steroid dienone is 2.